The summed E-state index contributed by atoms with van der Waals surface area (Å²) in [5, 5.41) is 15.9. The molecule has 0 spiro atoms. The van der Waals surface area contributed by atoms with Gasteiger partial charge < -0.3 is 24.9 Å². The molecular formula is C20H29FIN7O. The number of aromatic nitrogens is 4. The average Bonchev–Trinajstić information content (AvgIpc) is 3.26. The second-order valence-electron chi connectivity index (χ2n) is 6.84. The second kappa shape index (κ2) is 11.8. The molecule has 0 aliphatic heterocycles. The van der Waals surface area contributed by atoms with E-state index in [9.17, 15) is 4.39 Å². The topological polar surface area (TPSA) is 92.2 Å². The Morgan fingerprint density at radius 1 is 1.27 bits per heavy atom. The number of guanidine groups is 1. The number of halogens is 2. The van der Waals surface area contributed by atoms with Gasteiger partial charge in [-0.3, -0.25) is 0 Å². The Labute approximate surface area is 192 Å². The van der Waals surface area contributed by atoms with Crippen molar-refractivity contribution in [3.8, 4) is 0 Å². The van der Waals surface area contributed by atoms with E-state index in [-0.39, 0.29) is 29.8 Å². The smallest absolute Gasteiger partial charge is 0.191 e. The number of aromatic amines is 1. The first-order valence-electron chi connectivity index (χ1n) is 9.70. The number of hydrogen-bond acceptors (Lipinski definition) is 4. The molecule has 0 atom stereocenters. The van der Waals surface area contributed by atoms with Crippen LogP contribution in [0.25, 0.3) is 10.9 Å². The summed E-state index contributed by atoms with van der Waals surface area (Å²) in [5.41, 5.74) is 1.94. The van der Waals surface area contributed by atoms with Crippen LogP contribution in [-0.2, 0) is 24.8 Å². The zero-order valence-electron chi connectivity index (χ0n) is 17.5. The molecule has 0 unspecified atom stereocenters. The van der Waals surface area contributed by atoms with Gasteiger partial charge in [-0.15, -0.1) is 34.2 Å². The Kier molecular flexibility index (Phi) is 9.50. The van der Waals surface area contributed by atoms with Crippen LogP contribution < -0.4 is 10.6 Å². The van der Waals surface area contributed by atoms with E-state index in [1.165, 1.54) is 12.1 Å². The van der Waals surface area contributed by atoms with E-state index in [4.69, 9.17) is 4.74 Å². The van der Waals surface area contributed by atoms with Gasteiger partial charge in [0.15, 0.2) is 11.8 Å². The molecule has 164 valence electrons. The number of hydrogen-bond donors (Lipinski definition) is 3. The zero-order valence-corrected chi connectivity index (χ0v) is 19.9. The highest BCUT2D eigenvalue weighted by atomic mass is 127. The van der Waals surface area contributed by atoms with Gasteiger partial charge in [0.1, 0.15) is 18.2 Å². The lowest BCUT2D eigenvalue weighted by Crippen LogP contribution is -2.39. The van der Waals surface area contributed by atoms with Gasteiger partial charge in [-0.1, -0.05) is 0 Å². The molecule has 0 radical (unpaired) electrons. The summed E-state index contributed by atoms with van der Waals surface area (Å²) >= 11 is 0. The predicted octanol–water partition coefficient (Wildman–Crippen LogP) is 2.68. The van der Waals surface area contributed by atoms with E-state index in [1.54, 1.807) is 7.11 Å². The molecule has 10 heteroatoms. The van der Waals surface area contributed by atoms with Crippen LogP contribution >= 0.6 is 24.0 Å². The van der Waals surface area contributed by atoms with Gasteiger partial charge in [0.25, 0.3) is 0 Å². The van der Waals surface area contributed by atoms with Crippen molar-refractivity contribution in [2.75, 3.05) is 26.8 Å². The molecule has 2 heterocycles. The first-order valence-corrected chi connectivity index (χ1v) is 9.70. The Morgan fingerprint density at radius 3 is 2.80 bits per heavy atom. The predicted molar refractivity (Wildman–Crippen MR) is 127 cm³/mol. The van der Waals surface area contributed by atoms with E-state index in [2.05, 4.69) is 30.8 Å². The lowest BCUT2D eigenvalue weighted by atomic mass is 10.1. The number of aliphatic imine (C=N–C) groups is 1. The van der Waals surface area contributed by atoms with E-state index in [0.717, 1.165) is 47.5 Å². The molecule has 1 aromatic carbocycles. The summed E-state index contributed by atoms with van der Waals surface area (Å²) in [5.74, 6) is 2.14. The molecule has 0 amide bonds. The van der Waals surface area contributed by atoms with Crippen molar-refractivity contribution in [3.05, 3.63) is 47.4 Å². The molecule has 0 aliphatic carbocycles. The molecule has 0 bridgehead atoms. The van der Waals surface area contributed by atoms with Gasteiger partial charge in [0.05, 0.1) is 0 Å². The fourth-order valence-corrected chi connectivity index (χ4v) is 3.02. The number of benzene rings is 1. The molecule has 3 N–H and O–H groups in total. The van der Waals surface area contributed by atoms with Crippen molar-refractivity contribution in [2.24, 2.45) is 12.0 Å². The fourth-order valence-electron chi connectivity index (χ4n) is 3.02. The van der Waals surface area contributed by atoms with Crippen molar-refractivity contribution >= 4 is 40.8 Å². The molecule has 2 aromatic heterocycles. The normalized spacial score (nSPS) is 11.5. The number of ether oxygens (including phenoxy) is 1. The number of methoxy groups -OCH3 is 1. The molecular weight excluding hydrogens is 500 g/mol. The Hall–Kier alpha value is -2.21. The Balaban J connectivity index is 0.00000320. The number of fused-ring (bicyclic) bond motifs is 1. The molecule has 0 aliphatic rings. The highest BCUT2D eigenvalue weighted by Crippen LogP contribution is 2.19. The van der Waals surface area contributed by atoms with Crippen molar-refractivity contribution in [2.45, 2.75) is 26.3 Å². The van der Waals surface area contributed by atoms with Gasteiger partial charge in [-0.2, -0.15) is 0 Å². The minimum absolute atomic E-state index is 0. The van der Waals surface area contributed by atoms with E-state index < -0.39 is 0 Å². The summed E-state index contributed by atoms with van der Waals surface area (Å²) in [4.78, 5) is 7.76. The highest BCUT2D eigenvalue weighted by molar-refractivity contribution is 14.0. The summed E-state index contributed by atoms with van der Waals surface area (Å²) in [6, 6.07) is 4.81. The summed E-state index contributed by atoms with van der Waals surface area (Å²) in [7, 11) is 3.62. The monoisotopic (exact) mass is 529 g/mol. The second-order valence-corrected chi connectivity index (χ2v) is 6.84. The largest absolute Gasteiger partial charge is 0.385 e. The standard InChI is InChI=1S/C20H28FN7O.HI/c1-14-26-27-19(28(14)2)13-25-20(22-8-4-10-29-3)23-9-7-15-12-24-18-11-16(21)5-6-17(15)18;/h5-6,11-12,24H,4,7-10,13H2,1-3H3,(H2,22,23,25);1H. The summed E-state index contributed by atoms with van der Waals surface area (Å²) in [6.07, 6.45) is 3.60. The van der Waals surface area contributed by atoms with Gasteiger partial charge in [-0.25, -0.2) is 9.38 Å². The van der Waals surface area contributed by atoms with Crippen LogP contribution in [0.3, 0.4) is 0 Å². The average molecular weight is 529 g/mol. The quantitative estimate of drug-likeness (QED) is 0.172. The maximum absolute atomic E-state index is 13.4. The van der Waals surface area contributed by atoms with Crippen LogP contribution in [-0.4, -0.2) is 52.5 Å². The van der Waals surface area contributed by atoms with Crippen LogP contribution in [0.2, 0.25) is 0 Å². The third-order valence-corrected chi connectivity index (χ3v) is 4.80. The third kappa shape index (κ3) is 6.39. The molecule has 3 aromatic rings. The highest BCUT2D eigenvalue weighted by Gasteiger charge is 2.07. The van der Waals surface area contributed by atoms with E-state index in [1.807, 2.05) is 30.8 Å². The minimum atomic E-state index is -0.238. The van der Waals surface area contributed by atoms with E-state index >= 15 is 0 Å². The van der Waals surface area contributed by atoms with Crippen molar-refractivity contribution in [1.29, 1.82) is 0 Å². The molecule has 3 rings (SSSR count). The molecule has 0 fully saturated rings. The number of nitrogens with one attached hydrogen (secondary N) is 3. The molecule has 30 heavy (non-hydrogen) atoms. The van der Waals surface area contributed by atoms with Crippen LogP contribution in [0.1, 0.15) is 23.6 Å². The minimum Gasteiger partial charge on any atom is -0.385 e. The zero-order chi connectivity index (χ0) is 20.6. The van der Waals surface area contributed by atoms with Crippen LogP contribution in [0.15, 0.2) is 29.4 Å². The summed E-state index contributed by atoms with van der Waals surface area (Å²) < 4.78 is 20.4. The van der Waals surface area contributed by atoms with Gasteiger partial charge in [0, 0.05) is 51.0 Å². The molecule has 0 saturated heterocycles. The van der Waals surface area contributed by atoms with Gasteiger partial charge >= 0.3 is 0 Å². The maximum atomic E-state index is 13.4. The number of nitrogens with zero attached hydrogens (tertiary/aromatic N) is 4. The maximum Gasteiger partial charge on any atom is 0.191 e. The molecule has 8 nitrogen and oxygen atoms in total. The number of H-pyrrole nitrogens is 1. The van der Waals surface area contributed by atoms with E-state index in [0.29, 0.717) is 25.7 Å². The van der Waals surface area contributed by atoms with Crippen molar-refractivity contribution in [3.63, 3.8) is 0 Å². The van der Waals surface area contributed by atoms with Crippen LogP contribution in [0, 0.1) is 12.7 Å². The van der Waals surface area contributed by atoms with Gasteiger partial charge in [0.2, 0.25) is 0 Å². The Morgan fingerprint density at radius 2 is 2.07 bits per heavy atom. The SMILES string of the molecule is COCCCNC(=NCc1nnc(C)n1C)NCCc1c[nH]c2cc(F)ccc12.I. The molecule has 0 saturated carbocycles. The lowest BCUT2D eigenvalue weighted by Gasteiger charge is -2.12. The Bertz CT molecular complexity index is 969. The first-order chi connectivity index (χ1) is 14.1. The lowest BCUT2D eigenvalue weighted by molar-refractivity contribution is 0.195. The third-order valence-electron chi connectivity index (χ3n) is 4.80. The van der Waals surface area contributed by atoms with Crippen LogP contribution in [0.4, 0.5) is 4.39 Å². The van der Waals surface area contributed by atoms with Crippen molar-refractivity contribution < 1.29 is 9.13 Å². The van der Waals surface area contributed by atoms with Gasteiger partial charge in [-0.05, 0) is 43.5 Å². The fraction of sp³-hybridized carbons (Fsp3) is 0.450. The number of aryl methyl sites for hydroxylation is 1. The van der Waals surface area contributed by atoms with Crippen LogP contribution in [0.5, 0.6) is 0 Å². The van der Waals surface area contributed by atoms with Crippen molar-refractivity contribution in [1.82, 2.24) is 30.4 Å². The number of rotatable bonds is 9. The summed E-state index contributed by atoms with van der Waals surface area (Å²) in [6.45, 7) is 4.48. The first kappa shape index (κ1) is 24.1.